The molecule has 1 aliphatic rings. The zero-order chi connectivity index (χ0) is 15.9. The zero-order valence-corrected chi connectivity index (χ0v) is 16.1. The van der Waals surface area contributed by atoms with Crippen LogP contribution in [0, 0.1) is 0 Å². The van der Waals surface area contributed by atoms with Crippen molar-refractivity contribution in [3.05, 3.63) is 66.2 Å². The molecule has 2 aromatic carbocycles. The smallest absolute Gasteiger partial charge is 0.193 e. The van der Waals surface area contributed by atoms with Crippen LogP contribution in [0.25, 0.3) is 0 Å². The van der Waals surface area contributed by atoms with E-state index in [-0.39, 0.29) is 24.0 Å². The highest BCUT2D eigenvalue weighted by atomic mass is 127. The third-order valence-electron chi connectivity index (χ3n) is 4.25. The predicted octanol–water partition coefficient (Wildman–Crippen LogP) is 3.87. The Morgan fingerprint density at radius 2 is 1.58 bits per heavy atom. The number of guanidine groups is 1. The van der Waals surface area contributed by atoms with E-state index in [9.17, 15) is 0 Å². The molecule has 1 heterocycles. The van der Waals surface area contributed by atoms with Crippen LogP contribution in [-0.4, -0.2) is 30.5 Å². The van der Waals surface area contributed by atoms with Gasteiger partial charge in [-0.15, -0.1) is 24.0 Å². The van der Waals surface area contributed by atoms with Crippen molar-refractivity contribution in [1.29, 1.82) is 0 Å². The third-order valence-corrected chi connectivity index (χ3v) is 4.25. The van der Waals surface area contributed by atoms with Gasteiger partial charge in [-0.05, 0) is 43.6 Å². The summed E-state index contributed by atoms with van der Waals surface area (Å²) in [5.41, 5.74) is 8.33. The van der Waals surface area contributed by atoms with Crippen LogP contribution in [0.1, 0.15) is 24.4 Å². The first kappa shape index (κ1) is 18.7. The molecule has 3 N–H and O–H groups in total. The highest BCUT2D eigenvalue weighted by molar-refractivity contribution is 14.0. The van der Waals surface area contributed by atoms with E-state index in [1.807, 2.05) is 30.3 Å². The number of hydrogen-bond acceptors (Lipinski definition) is 2. The zero-order valence-electron chi connectivity index (χ0n) is 13.8. The Morgan fingerprint density at radius 3 is 2.21 bits per heavy atom. The first-order chi connectivity index (χ1) is 11.3. The number of para-hydroxylation sites is 1. The van der Waals surface area contributed by atoms with Crippen molar-refractivity contribution in [2.45, 2.75) is 18.9 Å². The number of anilines is 1. The Labute approximate surface area is 161 Å². The van der Waals surface area contributed by atoms with Gasteiger partial charge in [0, 0.05) is 5.69 Å². The number of benzene rings is 2. The number of nitrogens with zero attached hydrogens (tertiary/aromatic N) is 2. The molecular weight excluding hydrogens is 411 g/mol. The summed E-state index contributed by atoms with van der Waals surface area (Å²) in [7, 11) is 0. The van der Waals surface area contributed by atoms with Crippen LogP contribution in [0.15, 0.2) is 65.7 Å². The second-order valence-corrected chi connectivity index (χ2v) is 5.89. The molecular formula is C19H25IN4. The molecule has 4 nitrogen and oxygen atoms in total. The molecule has 128 valence electrons. The summed E-state index contributed by atoms with van der Waals surface area (Å²) in [4.78, 5) is 7.09. The van der Waals surface area contributed by atoms with Crippen molar-refractivity contribution >= 4 is 35.6 Å². The highest BCUT2D eigenvalue weighted by Gasteiger charge is 2.23. The maximum atomic E-state index is 6.05. The van der Waals surface area contributed by atoms with Gasteiger partial charge in [0.1, 0.15) is 0 Å². The lowest BCUT2D eigenvalue weighted by Crippen LogP contribution is -2.30. The fourth-order valence-electron chi connectivity index (χ4n) is 3.05. The average Bonchev–Trinajstić information content (AvgIpc) is 3.11. The molecule has 5 heteroatoms. The Hall–Kier alpha value is -1.60. The molecule has 0 amide bonds. The Kier molecular flexibility index (Phi) is 7.52. The van der Waals surface area contributed by atoms with Crippen molar-refractivity contribution in [2.24, 2.45) is 10.7 Å². The molecule has 2 aromatic rings. The summed E-state index contributed by atoms with van der Waals surface area (Å²) in [5.74, 6) is 0.469. The summed E-state index contributed by atoms with van der Waals surface area (Å²) in [6.45, 7) is 2.96. The maximum absolute atomic E-state index is 6.05. The van der Waals surface area contributed by atoms with Crippen LogP contribution >= 0.6 is 24.0 Å². The van der Waals surface area contributed by atoms with E-state index >= 15 is 0 Å². The molecule has 0 radical (unpaired) electrons. The van der Waals surface area contributed by atoms with Crippen molar-refractivity contribution in [2.75, 3.05) is 25.0 Å². The number of nitrogens with two attached hydrogens (primary N) is 1. The van der Waals surface area contributed by atoms with Crippen molar-refractivity contribution in [3.8, 4) is 0 Å². The summed E-state index contributed by atoms with van der Waals surface area (Å²) in [6.07, 6.45) is 2.54. The second-order valence-electron chi connectivity index (χ2n) is 5.89. The fraction of sp³-hybridized carbons (Fsp3) is 0.316. The van der Waals surface area contributed by atoms with Gasteiger partial charge in [-0.1, -0.05) is 48.5 Å². The van der Waals surface area contributed by atoms with Crippen LogP contribution in [0.3, 0.4) is 0 Å². The number of hydrogen-bond donors (Lipinski definition) is 2. The van der Waals surface area contributed by atoms with Crippen molar-refractivity contribution in [1.82, 2.24) is 4.90 Å². The highest BCUT2D eigenvalue weighted by Crippen LogP contribution is 2.25. The summed E-state index contributed by atoms with van der Waals surface area (Å²) in [5, 5.41) is 3.15. The van der Waals surface area contributed by atoms with E-state index in [0.29, 0.717) is 18.5 Å². The van der Waals surface area contributed by atoms with Gasteiger partial charge in [-0.25, -0.2) is 0 Å². The molecule has 24 heavy (non-hydrogen) atoms. The largest absolute Gasteiger partial charge is 0.370 e. The van der Waals surface area contributed by atoms with Crippen LogP contribution in [0.4, 0.5) is 5.69 Å². The molecule has 1 unspecified atom stereocenters. The molecule has 3 rings (SSSR count). The topological polar surface area (TPSA) is 53.6 Å². The van der Waals surface area contributed by atoms with Gasteiger partial charge in [0.15, 0.2) is 5.96 Å². The predicted molar refractivity (Wildman–Crippen MR) is 112 cm³/mol. The monoisotopic (exact) mass is 436 g/mol. The van der Waals surface area contributed by atoms with Gasteiger partial charge >= 0.3 is 0 Å². The molecule has 1 fully saturated rings. The van der Waals surface area contributed by atoms with Crippen molar-refractivity contribution < 1.29 is 0 Å². The lowest BCUT2D eigenvalue weighted by Gasteiger charge is -2.26. The molecule has 0 aliphatic carbocycles. The minimum absolute atomic E-state index is 0. The van der Waals surface area contributed by atoms with Gasteiger partial charge in [0.05, 0.1) is 12.6 Å². The number of aliphatic imine (C=N–C) groups is 1. The van der Waals surface area contributed by atoms with Crippen molar-refractivity contribution in [3.63, 3.8) is 0 Å². The standard InChI is InChI=1S/C19H24N4.HI/c20-19(22-17-11-5-2-6-12-17)21-15-18(23-13-7-8-14-23)16-9-3-1-4-10-16;/h1-6,9-12,18H,7-8,13-15H2,(H3,20,21,22);1H. The lowest BCUT2D eigenvalue weighted by atomic mass is 10.1. The average molecular weight is 436 g/mol. The van der Waals surface area contributed by atoms with Gasteiger partial charge in [-0.3, -0.25) is 9.89 Å². The van der Waals surface area contributed by atoms with Crippen LogP contribution in [-0.2, 0) is 0 Å². The minimum atomic E-state index is 0. The lowest BCUT2D eigenvalue weighted by molar-refractivity contribution is 0.252. The molecule has 1 atom stereocenters. The minimum Gasteiger partial charge on any atom is -0.370 e. The maximum Gasteiger partial charge on any atom is 0.193 e. The van der Waals surface area contributed by atoms with Gasteiger partial charge < -0.3 is 11.1 Å². The summed E-state index contributed by atoms with van der Waals surface area (Å²) >= 11 is 0. The first-order valence-electron chi connectivity index (χ1n) is 8.24. The Morgan fingerprint density at radius 1 is 1.00 bits per heavy atom. The van der Waals surface area contributed by atoms with Gasteiger partial charge in [0.2, 0.25) is 0 Å². The van der Waals surface area contributed by atoms with E-state index in [0.717, 1.165) is 18.8 Å². The number of nitrogens with one attached hydrogen (secondary N) is 1. The molecule has 1 saturated heterocycles. The second kappa shape index (κ2) is 9.64. The molecule has 1 aliphatic heterocycles. The van der Waals surface area contributed by atoms with E-state index in [1.54, 1.807) is 0 Å². The SMILES string of the molecule is I.NC(=NCC(c1ccccc1)N1CCCC1)Nc1ccccc1. The molecule has 0 aromatic heterocycles. The van der Waals surface area contributed by atoms with E-state index in [4.69, 9.17) is 5.73 Å². The normalized spacial score (nSPS) is 16.4. The molecule has 0 saturated carbocycles. The number of rotatable bonds is 5. The van der Waals surface area contributed by atoms with E-state index in [2.05, 4.69) is 45.5 Å². The first-order valence-corrected chi connectivity index (χ1v) is 8.24. The number of likely N-dealkylation sites (tertiary alicyclic amines) is 1. The summed E-state index contributed by atoms with van der Waals surface area (Å²) in [6, 6.07) is 20.8. The third kappa shape index (κ3) is 5.21. The molecule has 0 bridgehead atoms. The van der Waals surface area contributed by atoms with Gasteiger partial charge in [-0.2, -0.15) is 0 Å². The van der Waals surface area contributed by atoms with Crippen LogP contribution < -0.4 is 11.1 Å². The van der Waals surface area contributed by atoms with Crippen LogP contribution in [0.2, 0.25) is 0 Å². The van der Waals surface area contributed by atoms with E-state index in [1.165, 1.54) is 18.4 Å². The van der Waals surface area contributed by atoms with Crippen LogP contribution in [0.5, 0.6) is 0 Å². The number of halogens is 1. The fourth-order valence-corrected chi connectivity index (χ4v) is 3.05. The Bertz CT molecular complexity index is 624. The summed E-state index contributed by atoms with van der Waals surface area (Å²) < 4.78 is 0. The van der Waals surface area contributed by atoms with Gasteiger partial charge in [0.25, 0.3) is 0 Å². The van der Waals surface area contributed by atoms with E-state index < -0.39 is 0 Å². The quantitative estimate of drug-likeness (QED) is 0.425. The molecule has 0 spiro atoms. The Balaban J connectivity index is 0.00000208.